The summed E-state index contributed by atoms with van der Waals surface area (Å²) in [6, 6.07) is 21.7. The van der Waals surface area contributed by atoms with E-state index in [-0.39, 0.29) is 80.7 Å². The average Bonchev–Trinajstić information content (AvgIpc) is 0.783. The monoisotopic (exact) mass is 1450 g/mol. The number of aromatic amines is 2. The molecule has 21 nitrogen and oxygen atoms in total. The number of pyridine rings is 2. The van der Waals surface area contributed by atoms with Crippen molar-refractivity contribution in [2.75, 3.05) is 90.2 Å². The van der Waals surface area contributed by atoms with Crippen LogP contribution in [-0.4, -0.2) is 172 Å². The normalized spacial score (nSPS) is 15.4. The Balaban J connectivity index is 0.652. The standard InChI is InChI=1S/C80H120N10O11Si2/c1-53-47-65(55(3)45-57(53)49-81-51-69(100-102(13,14)79(5,6)7)61-23-27-67(91)77-63(61)25-29-73(95)85-77)83-71(93)21-17-19-37-87(11)75(97)35-43-89-39-31-59(32-40-89)99-60-33-41-90(42-34-60)44-36-76(98)88(12)38-20-18-22-72(94)84-66-48-54(2)58(46-56(66)4)50-82-52-70(101-103(15,16)80(8,9)10)62-24-28-68(92)78-64(62)26-30-74(96)86-78/h23-30,45-48,59-60,69-70,81-82,91-92H,17-22,31-44,49-52H2,1-16H3,(H,83,93)(H,84,94)(H,85,95)(H,86,96)/t69-,70-/m0/s1. The zero-order valence-electron chi connectivity index (χ0n) is 64.6. The van der Waals surface area contributed by atoms with E-state index in [2.05, 4.69) is 121 Å². The number of nitrogens with one attached hydrogen (secondary N) is 6. The molecule has 2 atom stereocenters. The van der Waals surface area contributed by atoms with E-state index in [1.165, 1.54) is 12.1 Å². The summed E-state index contributed by atoms with van der Waals surface area (Å²) in [7, 11) is -0.801. The lowest BCUT2D eigenvalue weighted by molar-refractivity contribution is -0.131. The van der Waals surface area contributed by atoms with Gasteiger partial charge in [0.2, 0.25) is 34.7 Å². The number of anilines is 2. The van der Waals surface area contributed by atoms with Crippen LogP contribution in [-0.2, 0) is 45.9 Å². The minimum Gasteiger partial charge on any atom is -0.506 e. The number of aromatic hydroxyl groups is 2. The number of phenols is 2. The molecule has 2 saturated heterocycles. The van der Waals surface area contributed by atoms with Crippen molar-refractivity contribution >= 4 is 73.4 Å². The fourth-order valence-corrected chi connectivity index (χ4v) is 15.8. The summed E-state index contributed by atoms with van der Waals surface area (Å²) in [5.74, 6) is 0.152. The van der Waals surface area contributed by atoms with Gasteiger partial charge in [0.1, 0.15) is 11.5 Å². The number of piperidine rings is 2. The Kier molecular flexibility index (Phi) is 28.7. The maximum atomic E-state index is 13.2. The second-order valence-corrected chi connectivity index (χ2v) is 41.6. The smallest absolute Gasteiger partial charge is 0.248 e. The van der Waals surface area contributed by atoms with Gasteiger partial charge in [-0.15, -0.1) is 0 Å². The van der Waals surface area contributed by atoms with E-state index in [1.807, 2.05) is 66.1 Å². The second-order valence-electron chi connectivity index (χ2n) is 32.1. The first kappa shape index (κ1) is 81.6. The Labute approximate surface area is 613 Å². The molecule has 0 bridgehead atoms. The molecule has 23 heteroatoms. The van der Waals surface area contributed by atoms with Crippen molar-refractivity contribution in [2.45, 2.75) is 220 Å². The molecule has 4 aromatic carbocycles. The summed E-state index contributed by atoms with van der Waals surface area (Å²) in [5, 5.41) is 36.2. The molecule has 564 valence electrons. The molecule has 8 rings (SSSR count). The Morgan fingerprint density at radius 1 is 0.534 bits per heavy atom. The molecule has 0 saturated carbocycles. The minimum absolute atomic E-state index is 0.0146. The fraction of sp³-hybridized carbons (Fsp3) is 0.575. The molecule has 0 unspecified atom stereocenters. The summed E-state index contributed by atoms with van der Waals surface area (Å²) < 4.78 is 20.6. The number of hydrogen-bond acceptors (Lipinski definition) is 15. The molecular formula is C80H120N10O11Si2. The zero-order chi connectivity index (χ0) is 75.1. The molecule has 2 aliphatic rings. The number of unbranched alkanes of at least 4 members (excludes halogenated alkanes) is 2. The topological polar surface area (TPSA) is 263 Å². The molecule has 0 spiro atoms. The number of ether oxygens (including phenoxy) is 1. The summed E-state index contributed by atoms with van der Waals surface area (Å²) in [4.78, 5) is 91.2. The van der Waals surface area contributed by atoms with Crippen LogP contribution in [0.5, 0.6) is 11.5 Å². The van der Waals surface area contributed by atoms with E-state index < -0.39 is 16.6 Å². The summed E-state index contributed by atoms with van der Waals surface area (Å²) in [5.41, 5.74) is 9.82. The van der Waals surface area contributed by atoms with Crippen molar-refractivity contribution < 1.29 is 43.0 Å². The van der Waals surface area contributed by atoms with E-state index in [0.717, 1.165) is 131 Å². The number of H-pyrrole nitrogens is 2. The molecule has 0 aliphatic carbocycles. The molecule has 4 amide bonds. The third-order valence-electron chi connectivity index (χ3n) is 22.1. The molecule has 103 heavy (non-hydrogen) atoms. The first-order valence-corrected chi connectivity index (χ1v) is 43.2. The fourth-order valence-electron chi connectivity index (χ4n) is 13.3. The van der Waals surface area contributed by atoms with E-state index in [0.29, 0.717) is 102 Å². The minimum atomic E-state index is -2.25. The molecule has 6 aromatic rings. The lowest BCUT2D eigenvalue weighted by atomic mass is 10.0. The number of nitrogens with zero attached hydrogens (tertiary/aromatic N) is 4. The Morgan fingerprint density at radius 3 is 1.26 bits per heavy atom. The predicted octanol–water partition coefficient (Wildman–Crippen LogP) is 13.3. The number of hydrogen-bond donors (Lipinski definition) is 8. The highest BCUT2D eigenvalue weighted by Gasteiger charge is 2.41. The third-order valence-corrected chi connectivity index (χ3v) is 31.1. The molecule has 8 N–H and O–H groups in total. The molecule has 4 heterocycles. The maximum absolute atomic E-state index is 13.2. The number of carbonyl (C=O) groups excluding carboxylic acids is 4. The van der Waals surface area contributed by atoms with Crippen LogP contribution in [0.4, 0.5) is 11.4 Å². The van der Waals surface area contributed by atoms with Gasteiger partial charge < -0.3 is 74.6 Å². The lowest BCUT2D eigenvalue weighted by Gasteiger charge is -2.39. The first-order chi connectivity index (χ1) is 48.6. The quantitative estimate of drug-likeness (QED) is 0.0138. The number of fused-ring (bicyclic) bond motifs is 2. The van der Waals surface area contributed by atoms with Gasteiger partial charge in [0.05, 0.1) is 35.4 Å². The van der Waals surface area contributed by atoms with Gasteiger partial charge in [-0.2, -0.15) is 0 Å². The van der Waals surface area contributed by atoms with Gasteiger partial charge >= 0.3 is 0 Å². The molecule has 2 aliphatic heterocycles. The van der Waals surface area contributed by atoms with Crippen LogP contribution in [0.2, 0.25) is 36.3 Å². The van der Waals surface area contributed by atoms with Crippen molar-refractivity contribution in [3.8, 4) is 11.5 Å². The van der Waals surface area contributed by atoms with Crippen molar-refractivity contribution in [1.82, 2.24) is 40.2 Å². The summed E-state index contributed by atoms with van der Waals surface area (Å²) in [6.07, 6.45) is 7.93. The number of aryl methyl sites for hydroxylation is 4. The highest BCUT2D eigenvalue weighted by atomic mass is 28.4. The van der Waals surface area contributed by atoms with Gasteiger partial charge in [-0.3, -0.25) is 28.8 Å². The van der Waals surface area contributed by atoms with Crippen LogP contribution in [0.15, 0.2) is 82.4 Å². The number of likely N-dealkylation sites (tertiary alicyclic amines) is 2. The van der Waals surface area contributed by atoms with Crippen LogP contribution in [0.25, 0.3) is 21.8 Å². The predicted molar refractivity (Wildman–Crippen MR) is 419 cm³/mol. The Morgan fingerprint density at radius 2 is 0.903 bits per heavy atom. The zero-order valence-corrected chi connectivity index (χ0v) is 66.6. The molecular weight excluding hydrogens is 1330 g/mol. The second kappa shape index (κ2) is 36.3. The van der Waals surface area contributed by atoms with Crippen molar-refractivity contribution in [3.63, 3.8) is 0 Å². The Hall–Kier alpha value is -7.07. The molecule has 2 aromatic heterocycles. The highest BCUT2D eigenvalue weighted by Crippen LogP contribution is 2.43. The van der Waals surface area contributed by atoms with E-state index in [1.54, 1.807) is 34.1 Å². The average molecular weight is 1450 g/mol. The van der Waals surface area contributed by atoms with Gasteiger partial charge in [0, 0.05) is 153 Å². The van der Waals surface area contributed by atoms with E-state index in [4.69, 9.17) is 13.6 Å². The van der Waals surface area contributed by atoms with Crippen molar-refractivity contribution in [1.29, 1.82) is 0 Å². The van der Waals surface area contributed by atoms with Gasteiger partial charge in [-0.1, -0.05) is 65.8 Å². The SMILES string of the molecule is Cc1cc(NC(=O)CCCCN(C)C(=O)CCN2CCC(OC3CCN(CCC(=O)N(C)CCCCC(=O)Nc4cc(C)c(CNC[C@H](O[Si](C)(C)C(C)(C)C)c5ccc(O)c6[nH]c(=O)ccc56)cc4C)CC3)CC2)c(C)cc1CNC[C@H](O[Si](C)(C)C(C)(C)C)c1ccc(O)c2[nH]c(=O)ccc12. The van der Waals surface area contributed by atoms with Gasteiger partial charge in [-0.05, 0) is 196 Å². The van der Waals surface area contributed by atoms with Crippen LogP contribution in [0.1, 0.15) is 175 Å². The van der Waals surface area contributed by atoms with Crippen LogP contribution in [0, 0.1) is 27.7 Å². The molecule has 0 radical (unpaired) electrons. The number of phenolic OH excluding ortho intramolecular Hbond substituents is 2. The summed E-state index contributed by atoms with van der Waals surface area (Å²) >= 11 is 0. The van der Waals surface area contributed by atoms with Gasteiger partial charge in [-0.25, -0.2) is 0 Å². The summed E-state index contributed by atoms with van der Waals surface area (Å²) in [6.45, 7) is 38.6. The third kappa shape index (κ3) is 23.0. The van der Waals surface area contributed by atoms with Crippen LogP contribution in [0.3, 0.4) is 0 Å². The maximum Gasteiger partial charge on any atom is 0.248 e. The number of carbonyl (C=O) groups is 4. The van der Waals surface area contributed by atoms with E-state index in [9.17, 15) is 39.0 Å². The lowest BCUT2D eigenvalue weighted by Crippen LogP contribution is -2.43. The van der Waals surface area contributed by atoms with Crippen molar-refractivity contribution in [2.24, 2.45) is 0 Å². The highest BCUT2D eigenvalue weighted by molar-refractivity contribution is 6.74. The van der Waals surface area contributed by atoms with Crippen LogP contribution >= 0.6 is 0 Å². The number of rotatable bonds is 34. The molecule has 2 fully saturated rings. The Bertz CT molecular complexity index is 3760. The number of benzene rings is 4. The van der Waals surface area contributed by atoms with Gasteiger partial charge in [0.25, 0.3) is 0 Å². The van der Waals surface area contributed by atoms with Crippen LogP contribution < -0.4 is 32.4 Å². The van der Waals surface area contributed by atoms with Crippen molar-refractivity contribution in [3.05, 3.63) is 138 Å². The number of aromatic nitrogens is 2. The first-order valence-electron chi connectivity index (χ1n) is 37.4. The number of amides is 4. The van der Waals surface area contributed by atoms with Gasteiger partial charge in [0.15, 0.2) is 16.6 Å². The largest absolute Gasteiger partial charge is 0.506 e. The van der Waals surface area contributed by atoms with E-state index >= 15 is 0 Å².